The summed E-state index contributed by atoms with van der Waals surface area (Å²) in [6.07, 6.45) is 0. The number of hydrogen-bond donors (Lipinski definition) is 1. The van der Waals surface area contributed by atoms with Crippen LogP contribution in [0.2, 0.25) is 0 Å². The van der Waals surface area contributed by atoms with Crippen molar-refractivity contribution in [2.75, 3.05) is 18.5 Å². The number of benzene rings is 2. The maximum absolute atomic E-state index is 13.2. The van der Waals surface area contributed by atoms with Crippen LogP contribution in [-0.4, -0.2) is 32.1 Å². The van der Waals surface area contributed by atoms with E-state index in [0.29, 0.717) is 41.7 Å². The number of hydrogen-bond acceptors (Lipinski definition) is 6. The molecule has 0 atom stereocenters. The van der Waals surface area contributed by atoms with Gasteiger partial charge in [0.15, 0.2) is 11.5 Å². The molecular weight excluding hydrogens is 444 g/mol. The van der Waals surface area contributed by atoms with E-state index >= 15 is 0 Å². The predicted molar refractivity (Wildman–Crippen MR) is 123 cm³/mol. The number of aryl methyl sites for hydroxylation is 3. The fourth-order valence-electron chi connectivity index (χ4n) is 3.73. The Balaban J connectivity index is 1.64. The van der Waals surface area contributed by atoms with Crippen molar-refractivity contribution in [2.24, 2.45) is 0 Å². The van der Waals surface area contributed by atoms with Gasteiger partial charge in [-0.3, -0.25) is 9.59 Å². The van der Waals surface area contributed by atoms with Crippen LogP contribution < -0.4 is 20.3 Å². The van der Waals surface area contributed by atoms with Crippen LogP contribution in [0.5, 0.6) is 11.5 Å². The van der Waals surface area contributed by atoms with Crippen molar-refractivity contribution in [3.63, 3.8) is 0 Å². The first-order valence-electron chi connectivity index (χ1n) is 10.4. The van der Waals surface area contributed by atoms with Crippen molar-refractivity contribution < 1.29 is 22.7 Å². The van der Waals surface area contributed by atoms with Crippen LogP contribution in [-0.2, 0) is 21.2 Å². The largest absolute Gasteiger partial charge is 0.486 e. The number of fused-ring (bicyclic) bond motifs is 1. The van der Waals surface area contributed by atoms with E-state index < -0.39 is 21.3 Å². The first-order valence-corrected chi connectivity index (χ1v) is 11.9. The van der Waals surface area contributed by atoms with E-state index in [0.717, 1.165) is 5.56 Å². The van der Waals surface area contributed by atoms with Crippen LogP contribution in [0.15, 0.2) is 63.1 Å². The number of rotatable bonds is 5. The van der Waals surface area contributed by atoms with Gasteiger partial charge < -0.3 is 19.4 Å². The topological polar surface area (TPSA) is 104 Å². The van der Waals surface area contributed by atoms with E-state index in [4.69, 9.17) is 9.47 Å². The third-order valence-corrected chi connectivity index (χ3v) is 7.30. The molecule has 8 nitrogen and oxygen atoms in total. The maximum Gasteiger partial charge on any atom is 0.270 e. The lowest BCUT2D eigenvalue weighted by Gasteiger charge is -2.19. The van der Waals surface area contributed by atoms with Gasteiger partial charge in [0.2, 0.25) is 15.7 Å². The molecule has 0 saturated heterocycles. The number of amides is 1. The zero-order valence-corrected chi connectivity index (χ0v) is 19.4. The lowest BCUT2D eigenvalue weighted by Crippen LogP contribution is -2.33. The second-order valence-electron chi connectivity index (χ2n) is 7.91. The number of nitrogens with zero attached hydrogens (tertiary/aromatic N) is 1. The molecule has 9 heteroatoms. The molecule has 2 heterocycles. The Labute approximate surface area is 191 Å². The lowest BCUT2D eigenvalue weighted by atomic mass is 10.2. The Kier molecular flexibility index (Phi) is 5.99. The van der Waals surface area contributed by atoms with E-state index in [2.05, 4.69) is 5.32 Å². The third kappa shape index (κ3) is 4.49. The van der Waals surface area contributed by atoms with E-state index in [1.54, 1.807) is 50.2 Å². The van der Waals surface area contributed by atoms with Gasteiger partial charge >= 0.3 is 0 Å². The van der Waals surface area contributed by atoms with Gasteiger partial charge in [0, 0.05) is 17.4 Å². The number of nitrogens with one attached hydrogen (secondary N) is 1. The summed E-state index contributed by atoms with van der Waals surface area (Å²) in [5, 5.41) is 2.72. The molecule has 0 fully saturated rings. The summed E-state index contributed by atoms with van der Waals surface area (Å²) in [7, 11) is -4.06. The molecule has 172 valence electrons. The number of carbonyl (C=O) groups excluding carboxylic acids is 1. The molecule has 2 aromatic carbocycles. The summed E-state index contributed by atoms with van der Waals surface area (Å²) in [5.74, 6) is 0.643. The summed E-state index contributed by atoms with van der Waals surface area (Å²) in [6, 6.07) is 12.9. The van der Waals surface area contributed by atoms with Crippen LogP contribution in [0.4, 0.5) is 5.69 Å². The molecule has 0 bridgehead atoms. The Morgan fingerprint density at radius 3 is 2.33 bits per heavy atom. The second-order valence-corrected chi connectivity index (χ2v) is 9.80. The third-order valence-electron chi connectivity index (χ3n) is 5.38. The Bertz CT molecular complexity index is 1390. The highest BCUT2D eigenvalue weighted by Crippen LogP contribution is 2.32. The lowest BCUT2D eigenvalue weighted by molar-refractivity contribution is -0.116. The van der Waals surface area contributed by atoms with Crippen LogP contribution in [0.25, 0.3) is 0 Å². The Morgan fingerprint density at radius 1 is 0.970 bits per heavy atom. The molecule has 0 unspecified atom stereocenters. The Hall–Kier alpha value is -3.59. The minimum Gasteiger partial charge on any atom is -0.486 e. The number of carbonyl (C=O) groups is 1. The van der Waals surface area contributed by atoms with Gasteiger partial charge in [-0.15, -0.1) is 0 Å². The van der Waals surface area contributed by atoms with Crippen molar-refractivity contribution in [3.8, 4) is 11.5 Å². The van der Waals surface area contributed by atoms with Crippen molar-refractivity contribution in [1.29, 1.82) is 0 Å². The smallest absolute Gasteiger partial charge is 0.270 e. The molecule has 33 heavy (non-hydrogen) atoms. The van der Waals surface area contributed by atoms with E-state index in [-0.39, 0.29) is 16.3 Å². The molecule has 0 spiro atoms. The van der Waals surface area contributed by atoms with Gasteiger partial charge in [-0.2, -0.15) is 0 Å². The average Bonchev–Trinajstić information content (AvgIpc) is 2.76. The fourth-order valence-corrected chi connectivity index (χ4v) is 5.29. The van der Waals surface area contributed by atoms with Crippen LogP contribution in [0, 0.1) is 20.8 Å². The standard InChI is InChI=1S/C24H24N2O6S/c1-15-4-7-19(8-5-15)33(29,30)23-16(2)12-17(3)26(24(23)28)14-22(27)25-18-6-9-20-21(13-18)32-11-10-31-20/h4-9,12-13H,10-11,14H2,1-3H3,(H,25,27). The quantitative estimate of drug-likeness (QED) is 0.617. The normalized spacial score (nSPS) is 12.9. The maximum atomic E-state index is 13.2. The van der Waals surface area contributed by atoms with Crippen LogP contribution in [0.1, 0.15) is 16.8 Å². The number of ether oxygens (including phenoxy) is 2. The van der Waals surface area contributed by atoms with Crippen LogP contribution >= 0.6 is 0 Å². The monoisotopic (exact) mass is 468 g/mol. The molecule has 1 aliphatic rings. The predicted octanol–water partition coefficient (Wildman–Crippen LogP) is 3.02. The molecule has 1 aliphatic heterocycles. The van der Waals surface area contributed by atoms with Gasteiger partial charge in [0.25, 0.3) is 5.56 Å². The highest BCUT2D eigenvalue weighted by Gasteiger charge is 2.26. The molecule has 0 radical (unpaired) electrons. The molecule has 4 rings (SSSR count). The summed E-state index contributed by atoms with van der Waals surface area (Å²) >= 11 is 0. The number of anilines is 1. The summed E-state index contributed by atoms with van der Waals surface area (Å²) in [5.41, 5.74) is 1.47. The number of aromatic nitrogens is 1. The second kappa shape index (κ2) is 8.74. The molecule has 1 aromatic heterocycles. The minimum atomic E-state index is -4.06. The summed E-state index contributed by atoms with van der Waals surface area (Å²) in [4.78, 5) is 25.7. The molecular formula is C24H24N2O6S. The first-order chi connectivity index (χ1) is 15.7. The molecule has 1 amide bonds. The van der Waals surface area contributed by atoms with Gasteiger partial charge in [-0.05, 0) is 56.7 Å². The van der Waals surface area contributed by atoms with Crippen molar-refractivity contribution in [1.82, 2.24) is 4.57 Å². The van der Waals surface area contributed by atoms with E-state index in [1.165, 1.54) is 16.7 Å². The highest BCUT2D eigenvalue weighted by atomic mass is 32.2. The summed E-state index contributed by atoms with van der Waals surface area (Å²) < 4.78 is 38.6. The number of sulfone groups is 1. The number of pyridine rings is 1. The average molecular weight is 469 g/mol. The molecule has 1 N–H and O–H groups in total. The van der Waals surface area contributed by atoms with E-state index in [1.807, 2.05) is 6.92 Å². The Morgan fingerprint density at radius 2 is 1.64 bits per heavy atom. The highest BCUT2D eigenvalue weighted by molar-refractivity contribution is 7.91. The fraction of sp³-hybridized carbons (Fsp3) is 0.250. The van der Waals surface area contributed by atoms with Crippen molar-refractivity contribution in [2.45, 2.75) is 37.1 Å². The van der Waals surface area contributed by atoms with Crippen LogP contribution in [0.3, 0.4) is 0 Å². The van der Waals surface area contributed by atoms with E-state index in [9.17, 15) is 18.0 Å². The molecule has 3 aromatic rings. The van der Waals surface area contributed by atoms with Gasteiger partial charge in [0.1, 0.15) is 24.7 Å². The van der Waals surface area contributed by atoms with Crippen molar-refractivity contribution >= 4 is 21.4 Å². The van der Waals surface area contributed by atoms with Gasteiger partial charge in [0.05, 0.1) is 4.90 Å². The first kappa shape index (κ1) is 22.6. The van der Waals surface area contributed by atoms with Gasteiger partial charge in [-0.1, -0.05) is 17.7 Å². The minimum absolute atomic E-state index is 0.0319. The van der Waals surface area contributed by atoms with Crippen molar-refractivity contribution in [3.05, 3.63) is 75.7 Å². The zero-order valence-electron chi connectivity index (χ0n) is 18.5. The molecule has 0 aliphatic carbocycles. The molecule has 0 saturated carbocycles. The SMILES string of the molecule is Cc1ccc(S(=O)(=O)c2c(C)cc(C)n(CC(=O)Nc3ccc4c(c3)OCCO4)c2=O)cc1. The summed E-state index contributed by atoms with van der Waals surface area (Å²) in [6.45, 7) is 5.63. The zero-order chi connectivity index (χ0) is 23.8. The van der Waals surface area contributed by atoms with Gasteiger partial charge in [-0.25, -0.2) is 8.42 Å².